The lowest BCUT2D eigenvalue weighted by molar-refractivity contribution is -0.161. The van der Waals surface area contributed by atoms with Gasteiger partial charge in [0.05, 0.1) is 45.0 Å². The van der Waals surface area contributed by atoms with Crippen molar-refractivity contribution in [2.45, 2.75) is 77.7 Å². The van der Waals surface area contributed by atoms with E-state index in [1.54, 1.807) is 31.4 Å². The molecule has 10 heteroatoms. The van der Waals surface area contributed by atoms with Crippen LogP contribution in [0.25, 0.3) is 0 Å². The van der Waals surface area contributed by atoms with E-state index in [0.717, 1.165) is 12.0 Å². The fourth-order valence-electron chi connectivity index (χ4n) is 5.17. The molecule has 1 aliphatic heterocycles. The SMILES string of the molecule is CCCc1c(OCCCOc2ccc3c(c2CCC)OC(CCC(=O)O)(C(=O)OC)CC3=O)ccc(C(C)=O)c1OC. The predicted molar refractivity (Wildman–Crippen MR) is 154 cm³/mol. The quantitative estimate of drug-likeness (QED) is 0.155. The van der Waals surface area contributed by atoms with Crippen molar-refractivity contribution in [1.29, 1.82) is 0 Å². The molecule has 0 saturated carbocycles. The third-order valence-electron chi connectivity index (χ3n) is 7.17. The molecule has 2 aromatic rings. The van der Waals surface area contributed by atoms with Crippen molar-refractivity contribution >= 4 is 23.5 Å². The molecule has 0 saturated heterocycles. The number of carbonyl (C=O) groups excluding carboxylic acids is 3. The molecule has 0 amide bonds. The molecule has 42 heavy (non-hydrogen) atoms. The molecule has 10 nitrogen and oxygen atoms in total. The second kappa shape index (κ2) is 14.7. The second-order valence-corrected chi connectivity index (χ2v) is 10.2. The van der Waals surface area contributed by atoms with Gasteiger partial charge < -0.3 is 28.8 Å². The minimum atomic E-state index is -1.72. The number of ether oxygens (including phenoxy) is 5. The van der Waals surface area contributed by atoms with Crippen LogP contribution in [0.4, 0.5) is 0 Å². The highest BCUT2D eigenvalue weighted by molar-refractivity contribution is 6.04. The summed E-state index contributed by atoms with van der Waals surface area (Å²) in [5, 5.41) is 9.23. The van der Waals surface area contributed by atoms with E-state index in [1.165, 1.54) is 14.0 Å². The molecule has 0 aromatic heterocycles. The van der Waals surface area contributed by atoms with Gasteiger partial charge >= 0.3 is 11.9 Å². The molecule has 0 aliphatic carbocycles. The lowest BCUT2D eigenvalue weighted by Gasteiger charge is -2.36. The Balaban J connectivity index is 1.78. The average molecular weight is 585 g/mol. The van der Waals surface area contributed by atoms with Crippen LogP contribution in [0, 0.1) is 0 Å². The van der Waals surface area contributed by atoms with Crippen molar-refractivity contribution in [1.82, 2.24) is 0 Å². The fraction of sp³-hybridized carbons (Fsp3) is 0.500. The number of carbonyl (C=O) groups is 4. The van der Waals surface area contributed by atoms with Crippen LogP contribution in [-0.4, -0.2) is 61.6 Å². The normalized spacial score (nSPS) is 15.8. The summed E-state index contributed by atoms with van der Waals surface area (Å²) < 4.78 is 28.8. The maximum absolute atomic E-state index is 13.1. The Morgan fingerprint density at radius 3 is 2.14 bits per heavy atom. The molecule has 2 aromatic carbocycles. The number of rotatable bonds is 16. The molecule has 3 rings (SSSR count). The number of hydrogen-bond donors (Lipinski definition) is 1. The number of benzene rings is 2. The summed E-state index contributed by atoms with van der Waals surface area (Å²) in [6.45, 7) is 6.17. The lowest BCUT2D eigenvalue weighted by Crippen LogP contribution is -2.50. The van der Waals surface area contributed by atoms with Crippen LogP contribution in [0.3, 0.4) is 0 Å². The van der Waals surface area contributed by atoms with Crippen molar-refractivity contribution in [3.05, 3.63) is 46.5 Å². The zero-order chi connectivity index (χ0) is 30.9. The Hall–Kier alpha value is -4.08. The number of aliphatic carboxylic acids is 1. The monoisotopic (exact) mass is 584 g/mol. The third-order valence-corrected chi connectivity index (χ3v) is 7.17. The molecule has 1 N–H and O–H groups in total. The van der Waals surface area contributed by atoms with Gasteiger partial charge in [0, 0.05) is 30.4 Å². The van der Waals surface area contributed by atoms with Crippen molar-refractivity contribution in [3.8, 4) is 23.0 Å². The van der Waals surface area contributed by atoms with Crippen molar-refractivity contribution in [2.75, 3.05) is 27.4 Å². The van der Waals surface area contributed by atoms with E-state index in [1.807, 2.05) is 13.8 Å². The minimum absolute atomic E-state index is 0.0755. The number of hydrogen-bond acceptors (Lipinski definition) is 9. The molecule has 1 heterocycles. The number of carboxylic acids is 1. The first-order valence-electron chi connectivity index (χ1n) is 14.3. The largest absolute Gasteiger partial charge is 0.496 e. The highest BCUT2D eigenvalue weighted by Gasteiger charge is 2.49. The highest BCUT2D eigenvalue weighted by Crippen LogP contribution is 2.43. The standard InChI is InChI=1S/C32H40O10/c1-6-9-23-26(13-11-21(20(3)33)29(23)38-4)40-17-8-18-41-27-14-12-22-25(34)19-32(31(37)39-5,16-15-28(35)36)42-30(22)24(27)10-7-2/h11-14H,6-10,15-19H2,1-5H3,(H,35,36). The highest BCUT2D eigenvalue weighted by atomic mass is 16.6. The summed E-state index contributed by atoms with van der Waals surface area (Å²) in [5.41, 5.74) is 0.624. The molecule has 1 aliphatic rings. The van der Waals surface area contributed by atoms with Gasteiger partial charge in [-0.05, 0) is 44.0 Å². The minimum Gasteiger partial charge on any atom is -0.496 e. The van der Waals surface area contributed by atoms with Gasteiger partial charge in [-0.1, -0.05) is 26.7 Å². The van der Waals surface area contributed by atoms with Crippen LogP contribution in [-0.2, 0) is 27.2 Å². The number of carboxylic acid groups (broad SMARTS) is 1. The number of methoxy groups -OCH3 is 2. The summed E-state index contributed by atoms with van der Waals surface area (Å²) in [5.74, 6) is -0.343. The molecule has 1 unspecified atom stereocenters. The maximum atomic E-state index is 13.1. The molecule has 0 radical (unpaired) electrons. The zero-order valence-corrected chi connectivity index (χ0v) is 25.0. The Labute approximate surface area is 246 Å². The van der Waals surface area contributed by atoms with Gasteiger partial charge in [-0.25, -0.2) is 4.79 Å². The smallest absolute Gasteiger partial charge is 0.350 e. The number of ketones is 2. The summed E-state index contributed by atoms with van der Waals surface area (Å²) >= 11 is 0. The molecular formula is C32H40O10. The van der Waals surface area contributed by atoms with E-state index < -0.39 is 17.5 Å². The number of fused-ring (bicyclic) bond motifs is 1. The molecule has 228 valence electrons. The average Bonchev–Trinajstić information content (AvgIpc) is 2.96. The fourth-order valence-corrected chi connectivity index (χ4v) is 5.17. The van der Waals surface area contributed by atoms with Gasteiger partial charge in [0.25, 0.3) is 0 Å². The first-order chi connectivity index (χ1) is 20.1. The van der Waals surface area contributed by atoms with Crippen LogP contribution < -0.4 is 18.9 Å². The van der Waals surface area contributed by atoms with Crippen LogP contribution in [0.5, 0.6) is 23.0 Å². The van der Waals surface area contributed by atoms with Gasteiger partial charge in [0.2, 0.25) is 5.60 Å². The van der Waals surface area contributed by atoms with E-state index >= 15 is 0 Å². The van der Waals surface area contributed by atoms with Gasteiger partial charge in [-0.15, -0.1) is 0 Å². The van der Waals surface area contributed by atoms with Crippen LogP contribution in [0.2, 0.25) is 0 Å². The summed E-state index contributed by atoms with van der Waals surface area (Å²) in [6, 6.07) is 6.84. The Kier molecular flexibility index (Phi) is 11.4. The Morgan fingerprint density at radius 1 is 0.952 bits per heavy atom. The van der Waals surface area contributed by atoms with Gasteiger partial charge in [-0.2, -0.15) is 0 Å². The Morgan fingerprint density at radius 2 is 1.57 bits per heavy atom. The van der Waals surface area contributed by atoms with Crippen molar-refractivity contribution < 1.29 is 48.0 Å². The first-order valence-corrected chi connectivity index (χ1v) is 14.3. The van der Waals surface area contributed by atoms with E-state index in [4.69, 9.17) is 23.7 Å². The van der Waals surface area contributed by atoms with E-state index in [0.29, 0.717) is 72.8 Å². The van der Waals surface area contributed by atoms with Crippen molar-refractivity contribution in [3.63, 3.8) is 0 Å². The maximum Gasteiger partial charge on any atom is 0.350 e. The molecule has 0 spiro atoms. The third kappa shape index (κ3) is 7.21. The number of esters is 1. The van der Waals surface area contributed by atoms with Gasteiger partial charge in [0.1, 0.15) is 23.0 Å². The molecule has 1 atom stereocenters. The zero-order valence-electron chi connectivity index (χ0n) is 25.0. The summed E-state index contributed by atoms with van der Waals surface area (Å²) in [6.07, 6.45) is 2.45. The first kappa shape index (κ1) is 32.4. The van der Waals surface area contributed by atoms with Gasteiger partial charge in [-0.3, -0.25) is 14.4 Å². The lowest BCUT2D eigenvalue weighted by atomic mass is 9.85. The Bertz CT molecular complexity index is 1310. The van der Waals surface area contributed by atoms with E-state index in [9.17, 15) is 24.3 Å². The molecule has 0 bridgehead atoms. The van der Waals surface area contributed by atoms with Crippen LogP contribution in [0.1, 0.15) is 91.1 Å². The second-order valence-electron chi connectivity index (χ2n) is 10.2. The topological polar surface area (TPSA) is 135 Å². The molecular weight excluding hydrogens is 544 g/mol. The van der Waals surface area contributed by atoms with E-state index in [-0.39, 0.29) is 36.6 Å². The summed E-state index contributed by atoms with van der Waals surface area (Å²) in [7, 11) is 2.73. The predicted octanol–water partition coefficient (Wildman–Crippen LogP) is 5.39. The molecule has 0 fully saturated rings. The number of Topliss-reactive ketones (excluding diaryl/α,β-unsaturated/α-hetero) is 2. The van der Waals surface area contributed by atoms with Crippen LogP contribution in [0.15, 0.2) is 24.3 Å². The van der Waals surface area contributed by atoms with Gasteiger partial charge in [0.15, 0.2) is 11.6 Å². The summed E-state index contributed by atoms with van der Waals surface area (Å²) in [4.78, 5) is 49.2. The van der Waals surface area contributed by atoms with E-state index in [2.05, 4.69) is 0 Å². The van der Waals surface area contributed by atoms with Crippen molar-refractivity contribution in [2.24, 2.45) is 0 Å². The van der Waals surface area contributed by atoms with Crippen LogP contribution >= 0.6 is 0 Å².